The maximum atomic E-state index is 9.70. The predicted molar refractivity (Wildman–Crippen MR) is 55.1 cm³/mol. The maximum absolute atomic E-state index is 9.70. The highest BCUT2D eigenvalue weighted by molar-refractivity contribution is 7.95. The molecular formula is C10H15OS+. The van der Waals surface area contributed by atoms with Crippen LogP contribution in [-0.4, -0.2) is 17.6 Å². The quantitative estimate of drug-likeness (QED) is 0.662. The Kier molecular flexibility index (Phi) is 2.68. The average molecular weight is 183 g/mol. The van der Waals surface area contributed by atoms with Gasteiger partial charge >= 0.3 is 0 Å². The highest BCUT2D eigenvalue weighted by atomic mass is 32.2. The van der Waals surface area contributed by atoms with Crippen LogP contribution in [0.4, 0.5) is 0 Å². The van der Waals surface area contributed by atoms with E-state index in [-0.39, 0.29) is 10.9 Å². The van der Waals surface area contributed by atoms with Crippen molar-refractivity contribution in [2.75, 3.05) is 12.5 Å². The van der Waals surface area contributed by atoms with Crippen LogP contribution in [0, 0.1) is 13.8 Å². The smallest absolute Gasteiger partial charge is 0.196 e. The summed E-state index contributed by atoms with van der Waals surface area (Å²) in [4.78, 5) is 1.08. The molecule has 0 radical (unpaired) electrons. The van der Waals surface area contributed by atoms with Crippen molar-refractivity contribution in [3.8, 4) is 5.75 Å². The Morgan fingerprint density at radius 2 is 1.75 bits per heavy atom. The van der Waals surface area contributed by atoms with Gasteiger partial charge in [0.2, 0.25) is 0 Å². The van der Waals surface area contributed by atoms with Gasteiger partial charge in [0.05, 0.1) is 0 Å². The van der Waals surface area contributed by atoms with Crippen molar-refractivity contribution in [3.63, 3.8) is 0 Å². The lowest BCUT2D eigenvalue weighted by molar-refractivity contribution is 0.457. The van der Waals surface area contributed by atoms with Crippen molar-refractivity contribution in [1.29, 1.82) is 0 Å². The van der Waals surface area contributed by atoms with Crippen LogP contribution in [0.3, 0.4) is 0 Å². The van der Waals surface area contributed by atoms with Gasteiger partial charge in [0, 0.05) is 10.9 Å². The van der Waals surface area contributed by atoms with Crippen LogP contribution in [0.2, 0.25) is 0 Å². The third-order valence-electron chi connectivity index (χ3n) is 1.85. The predicted octanol–water partition coefficient (Wildman–Crippen LogP) is 2.25. The Hall–Kier alpha value is -0.630. The molecule has 1 aromatic carbocycles. The number of aryl methyl sites for hydroxylation is 2. The first kappa shape index (κ1) is 9.46. The minimum atomic E-state index is 0.139. The van der Waals surface area contributed by atoms with Crippen molar-refractivity contribution < 1.29 is 5.11 Å². The summed E-state index contributed by atoms with van der Waals surface area (Å²) < 4.78 is 0. The van der Waals surface area contributed by atoms with Crippen LogP contribution < -0.4 is 0 Å². The molecule has 0 spiro atoms. The van der Waals surface area contributed by atoms with E-state index >= 15 is 0 Å². The number of hydrogen-bond acceptors (Lipinski definition) is 1. The van der Waals surface area contributed by atoms with E-state index in [2.05, 4.69) is 25.5 Å². The van der Waals surface area contributed by atoms with E-state index in [1.165, 1.54) is 5.56 Å². The molecule has 1 aromatic rings. The molecule has 0 bridgehead atoms. The lowest BCUT2D eigenvalue weighted by Crippen LogP contribution is -1.97. The minimum absolute atomic E-state index is 0.139. The number of phenols is 1. The van der Waals surface area contributed by atoms with Crippen LogP contribution in [0.25, 0.3) is 0 Å². The Morgan fingerprint density at radius 3 is 2.25 bits per heavy atom. The van der Waals surface area contributed by atoms with E-state index < -0.39 is 0 Å². The van der Waals surface area contributed by atoms with Crippen LogP contribution in [0.15, 0.2) is 17.0 Å². The first-order chi connectivity index (χ1) is 5.52. The van der Waals surface area contributed by atoms with Gasteiger partial charge in [-0.3, -0.25) is 0 Å². The van der Waals surface area contributed by atoms with Crippen molar-refractivity contribution in [2.24, 2.45) is 0 Å². The lowest BCUT2D eigenvalue weighted by atomic mass is 10.1. The molecule has 1 nitrogen and oxygen atoms in total. The summed E-state index contributed by atoms with van der Waals surface area (Å²) in [6, 6.07) is 4.07. The topological polar surface area (TPSA) is 20.2 Å². The second kappa shape index (κ2) is 3.40. The molecule has 0 unspecified atom stereocenters. The molecule has 2 heteroatoms. The normalized spacial score (nSPS) is 10.8. The van der Waals surface area contributed by atoms with Crippen molar-refractivity contribution >= 4 is 10.9 Å². The SMILES string of the molecule is Cc1cc(C)c(O)c([S+](C)C)c1. The first-order valence-electron chi connectivity index (χ1n) is 3.90. The van der Waals surface area contributed by atoms with Gasteiger partial charge in [0.25, 0.3) is 0 Å². The second-order valence-corrected chi connectivity index (χ2v) is 5.32. The van der Waals surface area contributed by atoms with Gasteiger partial charge in [-0.25, -0.2) is 0 Å². The van der Waals surface area contributed by atoms with Crippen LogP contribution in [-0.2, 0) is 10.9 Å². The molecule has 12 heavy (non-hydrogen) atoms. The Labute approximate surface area is 76.8 Å². The van der Waals surface area contributed by atoms with E-state index in [1.807, 2.05) is 13.0 Å². The molecule has 0 amide bonds. The fourth-order valence-corrected chi connectivity index (χ4v) is 2.20. The number of rotatable bonds is 1. The van der Waals surface area contributed by atoms with Crippen molar-refractivity contribution in [3.05, 3.63) is 23.3 Å². The molecule has 0 saturated carbocycles. The van der Waals surface area contributed by atoms with Gasteiger partial charge in [0.1, 0.15) is 12.5 Å². The summed E-state index contributed by atoms with van der Waals surface area (Å²) in [6.07, 6.45) is 4.24. The van der Waals surface area contributed by atoms with E-state index in [0.29, 0.717) is 5.75 Å². The fraction of sp³-hybridized carbons (Fsp3) is 0.400. The number of aromatic hydroxyl groups is 1. The van der Waals surface area contributed by atoms with Gasteiger partial charge < -0.3 is 5.11 Å². The summed E-state index contributed by atoms with van der Waals surface area (Å²) in [6.45, 7) is 4.00. The van der Waals surface area contributed by atoms with E-state index in [4.69, 9.17) is 0 Å². The molecule has 66 valence electrons. The van der Waals surface area contributed by atoms with Gasteiger partial charge in [-0.2, -0.15) is 0 Å². The summed E-state index contributed by atoms with van der Waals surface area (Å²) >= 11 is 0. The largest absolute Gasteiger partial charge is 0.503 e. The Balaban J connectivity index is 3.28. The monoisotopic (exact) mass is 183 g/mol. The minimum Gasteiger partial charge on any atom is -0.503 e. The van der Waals surface area contributed by atoms with Gasteiger partial charge in [0.15, 0.2) is 10.6 Å². The molecule has 0 aliphatic carbocycles. The summed E-state index contributed by atoms with van der Waals surface area (Å²) in [7, 11) is 0.139. The standard InChI is InChI=1S/C10H14OS/c1-7-5-8(2)10(11)9(6-7)12(3)4/h5-6H,1-4H3/p+1. The number of phenolic OH excluding ortho intramolecular Hbond substituents is 1. The van der Waals surface area contributed by atoms with Gasteiger partial charge in [-0.1, -0.05) is 6.07 Å². The third kappa shape index (κ3) is 1.75. The van der Waals surface area contributed by atoms with Crippen LogP contribution in [0.5, 0.6) is 5.75 Å². The summed E-state index contributed by atoms with van der Waals surface area (Å²) in [5.41, 5.74) is 2.20. The zero-order chi connectivity index (χ0) is 9.30. The zero-order valence-electron chi connectivity index (χ0n) is 8.01. The average Bonchev–Trinajstić information content (AvgIpc) is 1.96. The highest BCUT2D eigenvalue weighted by Crippen LogP contribution is 2.27. The fourth-order valence-electron chi connectivity index (χ4n) is 1.23. The van der Waals surface area contributed by atoms with Crippen molar-refractivity contribution in [1.82, 2.24) is 0 Å². The number of benzene rings is 1. The zero-order valence-corrected chi connectivity index (χ0v) is 8.83. The molecule has 0 atom stereocenters. The van der Waals surface area contributed by atoms with E-state index in [0.717, 1.165) is 10.5 Å². The maximum Gasteiger partial charge on any atom is 0.196 e. The van der Waals surface area contributed by atoms with E-state index in [9.17, 15) is 5.11 Å². The summed E-state index contributed by atoms with van der Waals surface area (Å²) in [5, 5.41) is 9.70. The number of hydrogen-bond donors (Lipinski definition) is 1. The second-order valence-electron chi connectivity index (χ2n) is 3.25. The van der Waals surface area contributed by atoms with E-state index in [1.54, 1.807) is 0 Å². The van der Waals surface area contributed by atoms with Gasteiger partial charge in [-0.15, -0.1) is 0 Å². The Bertz CT molecular complexity index is 292. The molecule has 0 fully saturated rings. The molecular weight excluding hydrogens is 168 g/mol. The highest BCUT2D eigenvalue weighted by Gasteiger charge is 2.16. The lowest BCUT2D eigenvalue weighted by Gasteiger charge is -2.04. The molecule has 0 aliphatic rings. The first-order valence-corrected chi connectivity index (χ1v) is 5.94. The molecule has 0 aliphatic heterocycles. The van der Waals surface area contributed by atoms with Crippen LogP contribution in [0.1, 0.15) is 11.1 Å². The van der Waals surface area contributed by atoms with Crippen LogP contribution >= 0.6 is 0 Å². The molecule has 0 heterocycles. The molecule has 0 saturated heterocycles. The molecule has 1 N–H and O–H groups in total. The van der Waals surface area contributed by atoms with Gasteiger partial charge in [-0.05, 0) is 31.0 Å². The molecule has 0 aromatic heterocycles. The summed E-state index contributed by atoms with van der Waals surface area (Å²) in [5.74, 6) is 0.467. The molecule has 1 rings (SSSR count). The third-order valence-corrected chi connectivity index (χ3v) is 3.04. The Morgan fingerprint density at radius 1 is 1.17 bits per heavy atom. The van der Waals surface area contributed by atoms with Crippen molar-refractivity contribution in [2.45, 2.75) is 18.7 Å².